The molecule has 1 saturated heterocycles. The van der Waals surface area contributed by atoms with Crippen molar-refractivity contribution in [2.45, 2.75) is 6.92 Å². The number of rotatable bonds is 7. The number of aryl methyl sites for hydroxylation is 1. The lowest BCUT2D eigenvalue weighted by molar-refractivity contribution is -0.118. The molecule has 6 nitrogen and oxygen atoms in total. The summed E-state index contributed by atoms with van der Waals surface area (Å²) in [5.41, 5.74) is 3.30. The fourth-order valence-electron chi connectivity index (χ4n) is 3.29. The molecular formula is C26H22N2O4S2. The fourth-order valence-corrected chi connectivity index (χ4v) is 4.59. The molecule has 1 heterocycles. The van der Waals surface area contributed by atoms with Crippen molar-refractivity contribution in [3.8, 4) is 11.5 Å². The predicted octanol–water partition coefficient (Wildman–Crippen LogP) is 5.43. The zero-order chi connectivity index (χ0) is 24.1. The minimum absolute atomic E-state index is 0.167. The van der Waals surface area contributed by atoms with E-state index < -0.39 is 0 Å². The summed E-state index contributed by atoms with van der Waals surface area (Å²) in [4.78, 5) is 27.2. The van der Waals surface area contributed by atoms with E-state index in [1.807, 2.05) is 61.5 Å². The maximum Gasteiger partial charge on any atom is 0.270 e. The molecule has 34 heavy (non-hydrogen) atoms. The van der Waals surface area contributed by atoms with Crippen molar-refractivity contribution in [2.24, 2.45) is 0 Å². The van der Waals surface area contributed by atoms with Crippen molar-refractivity contribution < 1.29 is 19.1 Å². The fraction of sp³-hybridized carbons (Fsp3) is 0.115. The van der Waals surface area contributed by atoms with Gasteiger partial charge in [0.25, 0.3) is 11.8 Å². The van der Waals surface area contributed by atoms with Gasteiger partial charge in [-0.25, -0.2) is 0 Å². The van der Waals surface area contributed by atoms with E-state index in [1.165, 1.54) is 23.8 Å². The van der Waals surface area contributed by atoms with Crippen LogP contribution in [0.25, 0.3) is 6.08 Å². The average Bonchev–Trinajstić information content (AvgIpc) is 3.12. The molecule has 0 radical (unpaired) electrons. The van der Waals surface area contributed by atoms with Gasteiger partial charge in [0.15, 0.2) is 22.4 Å². The molecule has 1 N–H and O–H groups in total. The lowest BCUT2D eigenvalue weighted by Gasteiger charge is -2.14. The molecule has 8 heteroatoms. The van der Waals surface area contributed by atoms with Gasteiger partial charge in [-0.05, 0) is 55.0 Å². The highest BCUT2D eigenvalue weighted by Gasteiger charge is 2.33. The number of nitrogens with one attached hydrogen (secondary N) is 1. The van der Waals surface area contributed by atoms with E-state index in [2.05, 4.69) is 5.32 Å². The average molecular weight is 491 g/mol. The predicted molar refractivity (Wildman–Crippen MR) is 140 cm³/mol. The van der Waals surface area contributed by atoms with Gasteiger partial charge in [0.05, 0.1) is 17.7 Å². The Morgan fingerprint density at radius 1 is 1.06 bits per heavy atom. The number of benzene rings is 3. The van der Waals surface area contributed by atoms with Crippen LogP contribution >= 0.6 is 24.0 Å². The molecular weight excluding hydrogens is 468 g/mol. The third-order valence-corrected chi connectivity index (χ3v) is 6.29. The largest absolute Gasteiger partial charge is 0.493 e. The van der Waals surface area contributed by atoms with E-state index >= 15 is 0 Å². The van der Waals surface area contributed by atoms with E-state index in [0.717, 1.165) is 16.8 Å². The zero-order valence-corrected chi connectivity index (χ0v) is 20.2. The number of thioether (sulfide) groups is 1. The Labute approximate surface area is 207 Å². The molecule has 4 rings (SSSR count). The zero-order valence-electron chi connectivity index (χ0n) is 18.6. The van der Waals surface area contributed by atoms with E-state index in [4.69, 9.17) is 21.7 Å². The van der Waals surface area contributed by atoms with Crippen LogP contribution < -0.4 is 19.7 Å². The van der Waals surface area contributed by atoms with Crippen LogP contribution in [0.5, 0.6) is 11.5 Å². The molecule has 0 aromatic heterocycles. The van der Waals surface area contributed by atoms with Gasteiger partial charge in [0.2, 0.25) is 0 Å². The Hall–Kier alpha value is -3.62. The van der Waals surface area contributed by atoms with Crippen molar-refractivity contribution in [1.29, 1.82) is 0 Å². The molecule has 3 aromatic rings. The second kappa shape index (κ2) is 10.5. The highest BCUT2D eigenvalue weighted by atomic mass is 32.2. The number of hydrogen-bond donors (Lipinski definition) is 1. The van der Waals surface area contributed by atoms with Crippen molar-refractivity contribution >= 4 is 57.6 Å². The molecule has 172 valence electrons. The molecule has 0 unspecified atom stereocenters. The Morgan fingerprint density at radius 2 is 1.79 bits per heavy atom. The topological polar surface area (TPSA) is 67.9 Å². The third kappa shape index (κ3) is 5.47. The molecule has 0 atom stereocenters. The van der Waals surface area contributed by atoms with Crippen molar-refractivity contribution in [2.75, 3.05) is 23.9 Å². The molecule has 0 saturated carbocycles. The van der Waals surface area contributed by atoms with Gasteiger partial charge >= 0.3 is 0 Å². The standard InChI is InChI=1S/C26H22N2O4S2/c1-17-8-11-19(12-9-17)27-24(29)16-32-21-13-10-18(14-22(21)31-2)15-23-25(30)28(26(33)34-23)20-6-4-3-5-7-20/h3-15H,16H2,1-2H3,(H,27,29)/b23-15-. The number of nitrogens with zero attached hydrogens (tertiary/aromatic N) is 1. The van der Waals surface area contributed by atoms with Crippen LogP contribution in [0.4, 0.5) is 11.4 Å². The first kappa shape index (κ1) is 23.5. The summed E-state index contributed by atoms with van der Waals surface area (Å²) in [5.74, 6) is 0.429. The van der Waals surface area contributed by atoms with Crippen LogP contribution in [0.3, 0.4) is 0 Å². The quantitative estimate of drug-likeness (QED) is 0.352. The van der Waals surface area contributed by atoms with Crippen LogP contribution in [0.2, 0.25) is 0 Å². The smallest absolute Gasteiger partial charge is 0.270 e. The van der Waals surface area contributed by atoms with Crippen molar-refractivity contribution in [3.63, 3.8) is 0 Å². The van der Waals surface area contributed by atoms with Crippen molar-refractivity contribution in [1.82, 2.24) is 0 Å². The summed E-state index contributed by atoms with van der Waals surface area (Å²) >= 11 is 6.67. The highest BCUT2D eigenvalue weighted by molar-refractivity contribution is 8.27. The number of anilines is 2. The Balaban J connectivity index is 1.44. The third-order valence-electron chi connectivity index (χ3n) is 4.99. The molecule has 1 aliphatic rings. The summed E-state index contributed by atoms with van der Waals surface area (Å²) in [7, 11) is 1.52. The summed E-state index contributed by atoms with van der Waals surface area (Å²) < 4.78 is 11.6. The van der Waals surface area contributed by atoms with Gasteiger partial charge in [-0.15, -0.1) is 0 Å². The second-order valence-corrected chi connectivity index (χ2v) is 9.14. The Kier molecular flexibility index (Phi) is 7.30. The normalized spacial score (nSPS) is 14.4. The van der Waals surface area contributed by atoms with E-state index in [-0.39, 0.29) is 18.4 Å². The number of methoxy groups -OCH3 is 1. The highest BCUT2D eigenvalue weighted by Crippen LogP contribution is 2.37. The number of carbonyl (C=O) groups is 2. The summed E-state index contributed by atoms with van der Waals surface area (Å²) in [6.07, 6.45) is 1.76. The SMILES string of the molecule is COc1cc(/C=C2\SC(=S)N(c3ccccc3)C2=O)ccc1OCC(=O)Nc1ccc(C)cc1. The number of hydrogen-bond acceptors (Lipinski definition) is 6. The van der Waals surface area contributed by atoms with Crippen LogP contribution in [0, 0.1) is 6.92 Å². The van der Waals surface area contributed by atoms with Crippen LogP contribution in [-0.2, 0) is 9.59 Å². The van der Waals surface area contributed by atoms with E-state index in [1.54, 1.807) is 24.3 Å². The number of thiocarbonyl (C=S) groups is 1. The molecule has 0 bridgehead atoms. The Bertz CT molecular complexity index is 1260. The van der Waals surface area contributed by atoms with Crippen LogP contribution in [-0.4, -0.2) is 29.9 Å². The summed E-state index contributed by atoms with van der Waals surface area (Å²) in [5, 5.41) is 2.79. The van der Waals surface area contributed by atoms with Crippen LogP contribution in [0.1, 0.15) is 11.1 Å². The molecule has 1 fully saturated rings. The van der Waals surface area contributed by atoms with E-state index in [9.17, 15) is 9.59 Å². The number of para-hydroxylation sites is 1. The monoisotopic (exact) mass is 490 g/mol. The number of carbonyl (C=O) groups excluding carboxylic acids is 2. The van der Waals surface area contributed by atoms with Gasteiger partial charge in [-0.3, -0.25) is 14.5 Å². The molecule has 1 aliphatic heterocycles. The van der Waals surface area contributed by atoms with Gasteiger partial charge < -0.3 is 14.8 Å². The maximum absolute atomic E-state index is 12.9. The lowest BCUT2D eigenvalue weighted by Crippen LogP contribution is -2.27. The van der Waals surface area contributed by atoms with Crippen LogP contribution in [0.15, 0.2) is 77.7 Å². The summed E-state index contributed by atoms with van der Waals surface area (Å²) in [6.45, 7) is 1.81. The second-order valence-electron chi connectivity index (χ2n) is 7.47. The first-order valence-electron chi connectivity index (χ1n) is 10.4. The molecule has 2 amide bonds. The minimum Gasteiger partial charge on any atom is -0.493 e. The first-order valence-corrected chi connectivity index (χ1v) is 11.7. The molecule has 3 aromatic carbocycles. The number of amides is 2. The minimum atomic E-state index is -0.278. The van der Waals surface area contributed by atoms with E-state index in [0.29, 0.717) is 26.4 Å². The number of ether oxygens (including phenoxy) is 2. The lowest BCUT2D eigenvalue weighted by atomic mass is 10.2. The van der Waals surface area contributed by atoms with Gasteiger partial charge in [0.1, 0.15) is 0 Å². The maximum atomic E-state index is 12.9. The first-order chi connectivity index (χ1) is 16.4. The van der Waals surface area contributed by atoms with Gasteiger partial charge in [0, 0.05) is 5.69 Å². The summed E-state index contributed by atoms with van der Waals surface area (Å²) in [6, 6.07) is 22.1. The molecule has 0 aliphatic carbocycles. The molecule has 0 spiro atoms. The van der Waals surface area contributed by atoms with Gasteiger partial charge in [-0.2, -0.15) is 0 Å². The van der Waals surface area contributed by atoms with Gasteiger partial charge in [-0.1, -0.05) is 65.9 Å². The Morgan fingerprint density at radius 3 is 2.50 bits per heavy atom. The van der Waals surface area contributed by atoms with Crippen molar-refractivity contribution in [3.05, 3.63) is 88.8 Å².